The molecule has 0 amide bonds. The van der Waals surface area contributed by atoms with Crippen molar-refractivity contribution in [1.82, 2.24) is 4.98 Å². The maximum absolute atomic E-state index is 11.2. The summed E-state index contributed by atoms with van der Waals surface area (Å²) in [5.41, 5.74) is 0.607. The van der Waals surface area contributed by atoms with Gasteiger partial charge in [0.25, 0.3) is 0 Å². The highest BCUT2D eigenvalue weighted by molar-refractivity contribution is 7.12. The van der Waals surface area contributed by atoms with E-state index in [1.807, 2.05) is 6.92 Å². The van der Waals surface area contributed by atoms with Crippen molar-refractivity contribution in [2.45, 2.75) is 20.8 Å². The monoisotopic (exact) mass is 211 g/mol. The van der Waals surface area contributed by atoms with E-state index in [9.17, 15) is 4.79 Å². The lowest BCUT2D eigenvalue weighted by molar-refractivity contribution is -0.138. The molecule has 3 nitrogen and oxygen atoms in total. The van der Waals surface area contributed by atoms with Gasteiger partial charge in [-0.2, -0.15) is 0 Å². The summed E-state index contributed by atoms with van der Waals surface area (Å²) in [7, 11) is 0. The Morgan fingerprint density at radius 1 is 1.71 bits per heavy atom. The molecule has 1 aromatic heterocycles. The minimum atomic E-state index is -0.265. The van der Waals surface area contributed by atoms with E-state index in [2.05, 4.69) is 4.98 Å². The van der Waals surface area contributed by atoms with Gasteiger partial charge < -0.3 is 4.74 Å². The number of carbonyl (C=O) groups excluding carboxylic acids is 1. The van der Waals surface area contributed by atoms with Crippen LogP contribution in [-0.2, 0) is 9.53 Å². The van der Waals surface area contributed by atoms with E-state index >= 15 is 0 Å². The molecule has 1 aromatic rings. The Bertz CT molecular complexity index is 355. The standard InChI is InChI=1S/C10H13NO2S/c1-4-13-10(12)7(2)5-9-6-11-8(3)14-9/h5-6H,4H2,1-3H3. The summed E-state index contributed by atoms with van der Waals surface area (Å²) in [6, 6.07) is 0. The third-order valence-electron chi connectivity index (χ3n) is 1.60. The zero-order valence-corrected chi connectivity index (χ0v) is 9.35. The number of aryl methyl sites for hydroxylation is 1. The van der Waals surface area contributed by atoms with Crippen LogP contribution in [-0.4, -0.2) is 17.6 Å². The number of rotatable bonds is 3. The normalized spacial score (nSPS) is 11.5. The summed E-state index contributed by atoms with van der Waals surface area (Å²) in [6.45, 7) is 5.88. The summed E-state index contributed by atoms with van der Waals surface area (Å²) in [4.78, 5) is 16.3. The molecule has 0 saturated carbocycles. The van der Waals surface area contributed by atoms with Gasteiger partial charge in [-0.3, -0.25) is 0 Å². The van der Waals surface area contributed by atoms with Crippen LogP contribution in [0.1, 0.15) is 23.7 Å². The first-order valence-corrected chi connectivity index (χ1v) is 5.23. The van der Waals surface area contributed by atoms with Crippen LogP contribution in [0.3, 0.4) is 0 Å². The molecule has 1 heterocycles. The van der Waals surface area contributed by atoms with Crippen molar-refractivity contribution in [2.75, 3.05) is 6.61 Å². The largest absolute Gasteiger partial charge is 0.463 e. The molecule has 0 aliphatic heterocycles. The van der Waals surface area contributed by atoms with Crippen LogP contribution in [0.25, 0.3) is 6.08 Å². The van der Waals surface area contributed by atoms with Gasteiger partial charge in [-0.05, 0) is 26.8 Å². The fourth-order valence-electron chi connectivity index (χ4n) is 0.962. The third kappa shape index (κ3) is 2.96. The molecule has 0 aliphatic carbocycles. The van der Waals surface area contributed by atoms with E-state index in [-0.39, 0.29) is 5.97 Å². The van der Waals surface area contributed by atoms with Crippen LogP contribution in [0.2, 0.25) is 0 Å². The number of hydrogen-bond donors (Lipinski definition) is 0. The molecule has 0 saturated heterocycles. The molecule has 0 atom stereocenters. The maximum Gasteiger partial charge on any atom is 0.333 e. The highest BCUT2D eigenvalue weighted by Crippen LogP contribution is 2.15. The Balaban J connectivity index is 2.73. The van der Waals surface area contributed by atoms with Crippen molar-refractivity contribution >= 4 is 23.4 Å². The van der Waals surface area contributed by atoms with E-state index < -0.39 is 0 Å². The van der Waals surface area contributed by atoms with E-state index in [0.717, 1.165) is 9.88 Å². The summed E-state index contributed by atoms with van der Waals surface area (Å²) >= 11 is 1.56. The fourth-order valence-corrected chi connectivity index (χ4v) is 1.75. The molecule has 0 unspecified atom stereocenters. The van der Waals surface area contributed by atoms with Crippen LogP contribution in [0.4, 0.5) is 0 Å². The first-order chi connectivity index (χ1) is 6.63. The summed E-state index contributed by atoms with van der Waals surface area (Å²) in [6.07, 6.45) is 3.55. The molecule has 76 valence electrons. The number of thiazole rings is 1. The Kier molecular flexibility index (Phi) is 3.83. The van der Waals surface area contributed by atoms with E-state index in [1.165, 1.54) is 0 Å². The molecule has 0 spiro atoms. The topological polar surface area (TPSA) is 39.2 Å². The Hall–Kier alpha value is -1.16. The lowest BCUT2D eigenvalue weighted by atomic mass is 10.3. The van der Waals surface area contributed by atoms with Crippen molar-refractivity contribution in [3.05, 3.63) is 21.7 Å². The number of esters is 1. The average molecular weight is 211 g/mol. The average Bonchev–Trinajstić information content (AvgIpc) is 2.51. The summed E-state index contributed by atoms with van der Waals surface area (Å²) < 4.78 is 4.86. The van der Waals surface area contributed by atoms with Crippen LogP contribution < -0.4 is 0 Å². The Morgan fingerprint density at radius 3 is 2.93 bits per heavy atom. The highest BCUT2D eigenvalue weighted by Gasteiger charge is 2.05. The van der Waals surface area contributed by atoms with Gasteiger partial charge in [0.05, 0.1) is 11.6 Å². The van der Waals surface area contributed by atoms with E-state index in [1.54, 1.807) is 37.5 Å². The van der Waals surface area contributed by atoms with Gasteiger partial charge in [0.2, 0.25) is 0 Å². The molecular weight excluding hydrogens is 198 g/mol. The molecule has 14 heavy (non-hydrogen) atoms. The lowest BCUT2D eigenvalue weighted by Crippen LogP contribution is -2.04. The molecule has 0 bridgehead atoms. The van der Waals surface area contributed by atoms with E-state index in [4.69, 9.17) is 4.74 Å². The fraction of sp³-hybridized carbons (Fsp3) is 0.400. The highest BCUT2D eigenvalue weighted by atomic mass is 32.1. The Labute approximate surface area is 87.4 Å². The Morgan fingerprint density at radius 2 is 2.43 bits per heavy atom. The van der Waals surface area contributed by atoms with Gasteiger partial charge in [-0.25, -0.2) is 9.78 Å². The molecule has 0 aromatic carbocycles. The molecule has 0 radical (unpaired) electrons. The van der Waals surface area contributed by atoms with Crippen LogP contribution in [0.5, 0.6) is 0 Å². The van der Waals surface area contributed by atoms with Gasteiger partial charge in [-0.15, -0.1) is 11.3 Å². The number of nitrogens with zero attached hydrogens (tertiary/aromatic N) is 1. The lowest BCUT2D eigenvalue weighted by Gasteiger charge is -1.99. The second-order valence-electron chi connectivity index (χ2n) is 2.83. The number of ether oxygens (including phenoxy) is 1. The molecule has 0 fully saturated rings. The first kappa shape index (κ1) is 10.9. The van der Waals surface area contributed by atoms with Crippen LogP contribution in [0, 0.1) is 6.92 Å². The van der Waals surface area contributed by atoms with Gasteiger partial charge in [0, 0.05) is 16.6 Å². The van der Waals surface area contributed by atoms with Crippen molar-refractivity contribution in [3.63, 3.8) is 0 Å². The van der Waals surface area contributed by atoms with Crippen molar-refractivity contribution in [1.29, 1.82) is 0 Å². The van der Waals surface area contributed by atoms with Gasteiger partial charge in [0.1, 0.15) is 0 Å². The van der Waals surface area contributed by atoms with Crippen LogP contribution in [0.15, 0.2) is 11.8 Å². The zero-order chi connectivity index (χ0) is 10.6. The number of hydrogen-bond acceptors (Lipinski definition) is 4. The van der Waals surface area contributed by atoms with Crippen molar-refractivity contribution < 1.29 is 9.53 Å². The zero-order valence-electron chi connectivity index (χ0n) is 8.53. The molecular formula is C10H13NO2S. The molecule has 0 aliphatic rings. The van der Waals surface area contributed by atoms with Crippen molar-refractivity contribution in [3.8, 4) is 0 Å². The van der Waals surface area contributed by atoms with Gasteiger partial charge >= 0.3 is 5.97 Å². The number of carbonyl (C=O) groups is 1. The SMILES string of the molecule is CCOC(=O)C(C)=Cc1cnc(C)s1. The summed E-state index contributed by atoms with van der Waals surface area (Å²) in [5, 5.41) is 0.993. The molecule has 0 N–H and O–H groups in total. The van der Waals surface area contributed by atoms with Crippen molar-refractivity contribution in [2.24, 2.45) is 0 Å². The smallest absolute Gasteiger partial charge is 0.333 e. The third-order valence-corrected chi connectivity index (χ3v) is 2.46. The van der Waals surface area contributed by atoms with Crippen LogP contribution >= 0.6 is 11.3 Å². The van der Waals surface area contributed by atoms with Gasteiger partial charge in [-0.1, -0.05) is 0 Å². The quantitative estimate of drug-likeness (QED) is 0.569. The first-order valence-electron chi connectivity index (χ1n) is 4.41. The minimum absolute atomic E-state index is 0.265. The number of aromatic nitrogens is 1. The van der Waals surface area contributed by atoms with E-state index in [0.29, 0.717) is 12.2 Å². The second-order valence-corrected chi connectivity index (χ2v) is 4.10. The maximum atomic E-state index is 11.2. The minimum Gasteiger partial charge on any atom is -0.463 e. The predicted molar refractivity (Wildman–Crippen MR) is 57.1 cm³/mol. The van der Waals surface area contributed by atoms with Gasteiger partial charge in [0.15, 0.2) is 0 Å². The predicted octanol–water partition coefficient (Wildman–Crippen LogP) is 2.42. The molecule has 4 heteroatoms. The summed E-state index contributed by atoms with van der Waals surface area (Å²) in [5.74, 6) is -0.265. The second kappa shape index (κ2) is 4.91. The molecule has 1 rings (SSSR count).